The highest BCUT2D eigenvalue weighted by molar-refractivity contribution is 4.63. The highest BCUT2D eigenvalue weighted by Crippen LogP contribution is 2.01. The molecule has 0 bridgehead atoms. The Bertz CT molecular complexity index is 103. The van der Waals surface area contributed by atoms with Crippen molar-refractivity contribution < 1.29 is 9.85 Å². The Morgan fingerprint density at radius 3 is 2.40 bits per heavy atom. The summed E-state index contributed by atoms with van der Waals surface area (Å²) in [4.78, 5) is 0. The van der Waals surface area contributed by atoms with Gasteiger partial charge in [-0.15, -0.1) is 0 Å². The molecule has 10 heavy (non-hydrogen) atoms. The van der Waals surface area contributed by atoms with Crippen LogP contribution in [0.2, 0.25) is 0 Å². The minimum absolute atomic E-state index is 0.139. The van der Waals surface area contributed by atoms with E-state index < -0.39 is 0 Å². The van der Waals surface area contributed by atoms with Gasteiger partial charge in [0.15, 0.2) is 0 Å². The maximum Gasteiger partial charge on any atom is 0.127 e. The minimum atomic E-state index is 0.139. The van der Waals surface area contributed by atoms with Crippen molar-refractivity contribution >= 4 is 0 Å². The molecule has 0 aromatic heterocycles. The van der Waals surface area contributed by atoms with Crippen molar-refractivity contribution in [1.82, 2.24) is 0 Å². The van der Waals surface area contributed by atoms with E-state index in [1.807, 2.05) is 6.92 Å². The third kappa shape index (κ3) is 2.99. The first-order valence-electron chi connectivity index (χ1n) is 3.88. The Hall–Kier alpha value is -0.340. The molecule has 0 aromatic rings. The van der Waals surface area contributed by atoms with Crippen LogP contribution in [-0.4, -0.2) is 29.5 Å². The third-order valence-corrected chi connectivity index (χ3v) is 1.70. The van der Waals surface area contributed by atoms with Gasteiger partial charge in [-0.2, -0.15) is 4.65 Å². The molecule has 60 valence electrons. The van der Waals surface area contributed by atoms with Crippen molar-refractivity contribution in [3.63, 3.8) is 0 Å². The van der Waals surface area contributed by atoms with Crippen molar-refractivity contribution in [3.8, 4) is 0 Å². The predicted molar refractivity (Wildman–Crippen MR) is 42.8 cm³/mol. The highest BCUT2D eigenvalue weighted by atomic mass is 16.5. The summed E-state index contributed by atoms with van der Waals surface area (Å²) in [5.41, 5.74) is 0. The van der Waals surface area contributed by atoms with Gasteiger partial charge in [-0.05, 0) is 19.4 Å². The van der Waals surface area contributed by atoms with E-state index in [9.17, 15) is 5.21 Å². The minimum Gasteiger partial charge on any atom is -0.217 e. The zero-order valence-corrected chi connectivity index (χ0v) is 7.01. The summed E-state index contributed by atoms with van der Waals surface area (Å²) in [6, 6.07) is 0. The number of nitrogens with zero attached hydrogens (tertiary/aromatic N) is 1. The fraction of sp³-hybridized carbons (Fsp3) is 0.750. The molecule has 0 heterocycles. The number of rotatable bonds is 5. The molecule has 1 atom stereocenters. The number of hydroxylamine groups is 3. The van der Waals surface area contributed by atoms with E-state index in [1.165, 1.54) is 0 Å². The molecular weight excluding hydrogens is 126 g/mol. The van der Waals surface area contributed by atoms with Gasteiger partial charge >= 0.3 is 0 Å². The van der Waals surface area contributed by atoms with Gasteiger partial charge in [0, 0.05) is 0 Å². The van der Waals surface area contributed by atoms with Crippen molar-refractivity contribution in [1.29, 1.82) is 0 Å². The van der Waals surface area contributed by atoms with E-state index in [1.54, 1.807) is 6.08 Å². The monoisotopic (exact) mass is 144 g/mol. The maximum absolute atomic E-state index is 9.69. The van der Waals surface area contributed by atoms with Crippen LogP contribution >= 0.6 is 0 Å². The topological polar surface area (TPSA) is 20.2 Å². The fourth-order valence-corrected chi connectivity index (χ4v) is 1.04. The molecule has 1 N–H and O–H groups in total. The molecule has 0 aromatic carbocycles. The summed E-state index contributed by atoms with van der Waals surface area (Å²) >= 11 is 0. The molecule has 0 aliphatic heterocycles. The number of hydrogen-bond acceptors (Lipinski definition) is 1. The normalized spacial score (nSPS) is 16.3. The summed E-state index contributed by atoms with van der Waals surface area (Å²) in [6.07, 6.45) is 2.78. The molecule has 0 spiro atoms. The van der Waals surface area contributed by atoms with E-state index in [0.29, 0.717) is 6.54 Å². The first-order valence-corrected chi connectivity index (χ1v) is 3.88. The van der Waals surface area contributed by atoms with Crippen molar-refractivity contribution in [3.05, 3.63) is 12.7 Å². The smallest absolute Gasteiger partial charge is 0.127 e. The molecule has 0 radical (unpaired) electrons. The third-order valence-electron chi connectivity index (χ3n) is 1.70. The summed E-state index contributed by atoms with van der Waals surface area (Å²) < 4.78 is 0.139. The Kier molecular flexibility index (Phi) is 4.32. The molecule has 0 aliphatic rings. The van der Waals surface area contributed by atoms with E-state index in [4.69, 9.17) is 0 Å². The van der Waals surface area contributed by atoms with Crippen LogP contribution in [0, 0.1) is 0 Å². The Labute approximate surface area is 63.3 Å². The van der Waals surface area contributed by atoms with Gasteiger partial charge in [-0.3, -0.25) is 0 Å². The lowest BCUT2D eigenvalue weighted by Gasteiger charge is -2.26. The van der Waals surface area contributed by atoms with Gasteiger partial charge in [-0.1, -0.05) is 13.5 Å². The summed E-state index contributed by atoms with van der Waals surface area (Å²) in [5, 5.41) is 9.69. The number of hydrogen-bond donors (Lipinski definition) is 1. The lowest BCUT2D eigenvalue weighted by Crippen LogP contribution is -2.45. The summed E-state index contributed by atoms with van der Waals surface area (Å²) in [7, 11) is 0. The van der Waals surface area contributed by atoms with Crippen LogP contribution in [0.1, 0.15) is 20.3 Å². The first-order chi connectivity index (χ1) is 4.68. The second-order valence-corrected chi connectivity index (χ2v) is 2.61. The average molecular weight is 144 g/mol. The van der Waals surface area contributed by atoms with Crippen LogP contribution in [0.4, 0.5) is 0 Å². The second-order valence-electron chi connectivity index (χ2n) is 2.61. The Balaban J connectivity index is 3.80. The highest BCUT2D eigenvalue weighted by Gasteiger charge is 2.18. The van der Waals surface area contributed by atoms with Gasteiger partial charge in [0.2, 0.25) is 0 Å². The second kappa shape index (κ2) is 4.47. The quantitative estimate of drug-likeness (QED) is 0.354. The maximum atomic E-state index is 9.69. The Morgan fingerprint density at radius 2 is 2.10 bits per heavy atom. The number of quaternary nitrogens is 1. The number of likely N-dealkylation sites (N-methyl/N-ethyl adjacent to an activating group) is 1. The average Bonchev–Trinajstić information content (AvgIpc) is 1.89. The largest absolute Gasteiger partial charge is 0.217 e. The first kappa shape index (κ1) is 9.66. The van der Waals surface area contributed by atoms with Crippen molar-refractivity contribution in [2.45, 2.75) is 20.3 Å². The molecule has 0 fully saturated rings. The Morgan fingerprint density at radius 1 is 1.50 bits per heavy atom. The summed E-state index contributed by atoms with van der Waals surface area (Å²) in [6.45, 7) is 9.90. The van der Waals surface area contributed by atoms with E-state index in [2.05, 4.69) is 13.5 Å². The standard InChI is InChI=1S/C8H18NO/c1-4-7-9(10,6-3)8-5-2/h4,10H,1,5-8H2,2-3H3/q+1. The molecule has 0 aliphatic carbocycles. The van der Waals surface area contributed by atoms with E-state index in [0.717, 1.165) is 19.5 Å². The predicted octanol–water partition coefficient (Wildman–Crippen LogP) is 1.81. The van der Waals surface area contributed by atoms with Crippen LogP contribution in [0.25, 0.3) is 0 Å². The molecule has 0 rings (SSSR count). The molecule has 0 amide bonds. The lowest BCUT2D eigenvalue weighted by atomic mass is 10.4. The van der Waals surface area contributed by atoms with Crippen molar-refractivity contribution in [2.24, 2.45) is 0 Å². The van der Waals surface area contributed by atoms with Crippen LogP contribution in [0.15, 0.2) is 12.7 Å². The van der Waals surface area contributed by atoms with Crippen LogP contribution in [0.5, 0.6) is 0 Å². The molecule has 2 heteroatoms. The van der Waals surface area contributed by atoms with Crippen LogP contribution in [-0.2, 0) is 0 Å². The summed E-state index contributed by atoms with van der Waals surface area (Å²) in [5.74, 6) is 0. The molecule has 0 saturated heterocycles. The molecule has 1 unspecified atom stereocenters. The van der Waals surface area contributed by atoms with Gasteiger partial charge in [0.25, 0.3) is 0 Å². The lowest BCUT2D eigenvalue weighted by molar-refractivity contribution is -1.10. The van der Waals surface area contributed by atoms with Gasteiger partial charge in [0.1, 0.15) is 19.6 Å². The molecule has 2 nitrogen and oxygen atoms in total. The zero-order valence-electron chi connectivity index (χ0n) is 7.01. The van der Waals surface area contributed by atoms with E-state index >= 15 is 0 Å². The van der Waals surface area contributed by atoms with Gasteiger partial charge in [0.05, 0.1) is 0 Å². The SMILES string of the molecule is C=CC[N+](O)(CC)CCC. The molecular formula is C8H18NO+. The van der Waals surface area contributed by atoms with Gasteiger partial charge in [-0.25, -0.2) is 5.21 Å². The van der Waals surface area contributed by atoms with Gasteiger partial charge < -0.3 is 0 Å². The zero-order chi connectivity index (χ0) is 8.04. The fourth-order valence-electron chi connectivity index (χ4n) is 1.04. The van der Waals surface area contributed by atoms with Crippen molar-refractivity contribution in [2.75, 3.05) is 19.6 Å². The molecule has 0 saturated carbocycles. The van der Waals surface area contributed by atoms with E-state index in [-0.39, 0.29) is 4.65 Å². The van der Waals surface area contributed by atoms with Crippen LogP contribution < -0.4 is 0 Å². The van der Waals surface area contributed by atoms with Crippen LogP contribution in [0.3, 0.4) is 0 Å².